The van der Waals surface area contributed by atoms with Crippen LogP contribution in [0.1, 0.15) is 32.1 Å². The van der Waals surface area contributed by atoms with Gasteiger partial charge in [-0.15, -0.1) is 0 Å². The maximum Gasteiger partial charge on any atom is 0.230 e. The van der Waals surface area contributed by atoms with Gasteiger partial charge >= 0.3 is 0 Å². The Morgan fingerprint density at radius 3 is 2.74 bits per heavy atom. The topological polar surface area (TPSA) is 46.9 Å². The highest BCUT2D eigenvalue weighted by atomic mass is 35.5. The average Bonchev–Trinajstić information content (AvgIpc) is 3.03. The number of carbonyl (C=O) groups excluding carboxylic acids is 1. The molecule has 1 amide bonds. The fraction of sp³-hybridized carbons (Fsp3) is 0.412. The molecule has 0 atom stereocenters. The fourth-order valence-corrected chi connectivity index (χ4v) is 3.75. The molecule has 0 unspecified atom stereocenters. The summed E-state index contributed by atoms with van der Waals surface area (Å²) in [5.41, 5.74) is 0.988. The third-order valence-electron chi connectivity index (χ3n) is 4.01. The average molecular weight is 350 g/mol. The molecule has 0 aliphatic heterocycles. The van der Waals surface area contributed by atoms with Crippen molar-refractivity contribution in [2.24, 2.45) is 0 Å². The molecule has 0 saturated heterocycles. The first-order chi connectivity index (χ1) is 11.2. The van der Waals surface area contributed by atoms with E-state index < -0.39 is 0 Å². The highest BCUT2D eigenvalue weighted by molar-refractivity contribution is 7.99. The highest BCUT2D eigenvalue weighted by Gasteiger charge is 2.16. The lowest BCUT2D eigenvalue weighted by molar-refractivity contribution is -0.119. The summed E-state index contributed by atoms with van der Waals surface area (Å²) in [7, 11) is 0. The predicted molar refractivity (Wildman–Crippen MR) is 94.3 cm³/mol. The van der Waals surface area contributed by atoms with Crippen LogP contribution in [0.3, 0.4) is 0 Å². The van der Waals surface area contributed by atoms with Gasteiger partial charge in [0.15, 0.2) is 5.16 Å². The number of halogens is 1. The first-order valence-electron chi connectivity index (χ1n) is 7.94. The van der Waals surface area contributed by atoms with Gasteiger partial charge in [0, 0.05) is 29.1 Å². The summed E-state index contributed by atoms with van der Waals surface area (Å²) >= 11 is 7.38. The van der Waals surface area contributed by atoms with Gasteiger partial charge in [0.25, 0.3) is 0 Å². The van der Waals surface area contributed by atoms with Gasteiger partial charge in [0.2, 0.25) is 5.91 Å². The molecule has 3 rings (SSSR count). The van der Waals surface area contributed by atoms with Crippen LogP contribution in [0.2, 0.25) is 5.02 Å². The molecule has 0 bridgehead atoms. The van der Waals surface area contributed by atoms with Crippen LogP contribution in [0.25, 0.3) is 5.69 Å². The standard InChI is InChI=1S/C17H20ClN3OS/c18-13-6-8-15(9-7-13)21-11-10-19-17(21)23-12-16(22)20-14-4-2-1-3-5-14/h6-11,14H,1-5,12H2,(H,20,22). The van der Waals surface area contributed by atoms with E-state index in [4.69, 9.17) is 11.6 Å². The Hall–Kier alpha value is -1.46. The van der Waals surface area contributed by atoms with E-state index in [0.717, 1.165) is 23.7 Å². The molecule has 2 aromatic rings. The number of thioether (sulfide) groups is 1. The summed E-state index contributed by atoms with van der Waals surface area (Å²) in [6.45, 7) is 0. The smallest absolute Gasteiger partial charge is 0.230 e. The van der Waals surface area contributed by atoms with Crippen LogP contribution < -0.4 is 5.32 Å². The van der Waals surface area contributed by atoms with E-state index in [1.165, 1.54) is 31.0 Å². The summed E-state index contributed by atoms with van der Waals surface area (Å²) in [6.07, 6.45) is 9.59. The molecular weight excluding hydrogens is 330 g/mol. The number of aromatic nitrogens is 2. The van der Waals surface area contributed by atoms with Crippen molar-refractivity contribution < 1.29 is 4.79 Å². The molecule has 1 saturated carbocycles. The number of hydrogen-bond donors (Lipinski definition) is 1. The van der Waals surface area contributed by atoms with E-state index in [0.29, 0.717) is 16.8 Å². The third-order valence-corrected chi connectivity index (χ3v) is 5.23. The second-order valence-corrected chi connectivity index (χ2v) is 7.13. The van der Waals surface area contributed by atoms with Crippen molar-refractivity contribution in [2.45, 2.75) is 43.3 Å². The zero-order valence-corrected chi connectivity index (χ0v) is 14.4. The van der Waals surface area contributed by atoms with Crippen LogP contribution >= 0.6 is 23.4 Å². The van der Waals surface area contributed by atoms with Crippen LogP contribution in [-0.2, 0) is 4.79 Å². The molecule has 23 heavy (non-hydrogen) atoms. The van der Waals surface area contributed by atoms with E-state index in [1.807, 2.05) is 35.0 Å². The quantitative estimate of drug-likeness (QED) is 0.828. The summed E-state index contributed by atoms with van der Waals surface area (Å²) in [5, 5.41) is 4.65. The number of benzene rings is 1. The second kappa shape index (κ2) is 7.88. The van der Waals surface area contributed by atoms with Crippen molar-refractivity contribution in [1.29, 1.82) is 0 Å². The Morgan fingerprint density at radius 1 is 1.26 bits per heavy atom. The van der Waals surface area contributed by atoms with Crippen LogP contribution in [0, 0.1) is 0 Å². The minimum absolute atomic E-state index is 0.0903. The largest absolute Gasteiger partial charge is 0.353 e. The van der Waals surface area contributed by atoms with Gasteiger partial charge in [-0.05, 0) is 37.1 Å². The van der Waals surface area contributed by atoms with Gasteiger partial charge in [-0.2, -0.15) is 0 Å². The molecule has 1 aromatic heterocycles. The Labute approximate surface area is 145 Å². The molecule has 1 heterocycles. The molecule has 0 radical (unpaired) electrons. The zero-order valence-electron chi connectivity index (χ0n) is 12.9. The minimum atomic E-state index is 0.0903. The van der Waals surface area contributed by atoms with Crippen molar-refractivity contribution in [3.05, 3.63) is 41.7 Å². The Morgan fingerprint density at radius 2 is 2.00 bits per heavy atom. The van der Waals surface area contributed by atoms with Gasteiger partial charge in [-0.25, -0.2) is 4.98 Å². The fourth-order valence-electron chi connectivity index (χ4n) is 2.84. The van der Waals surface area contributed by atoms with Gasteiger partial charge in [0.1, 0.15) is 0 Å². The van der Waals surface area contributed by atoms with Crippen molar-refractivity contribution >= 4 is 29.3 Å². The maximum absolute atomic E-state index is 12.1. The van der Waals surface area contributed by atoms with Crippen LogP contribution in [-0.4, -0.2) is 27.3 Å². The maximum atomic E-state index is 12.1. The van der Waals surface area contributed by atoms with Crippen molar-refractivity contribution in [2.75, 3.05) is 5.75 Å². The molecule has 6 heteroatoms. The van der Waals surface area contributed by atoms with E-state index in [-0.39, 0.29) is 5.91 Å². The molecular formula is C17H20ClN3OS. The van der Waals surface area contributed by atoms with E-state index in [1.54, 1.807) is 6.20 Å². The first kappa shape index (κ1) is 16.4. The van der Waals surface area contributed by atoms with Crippen molar-refractivity contribution in [3.63, 3.8) is 0 Å². The minimum Gasteiger partial charge on any atom is -0.353 e. The highest BCUT2D eigenvalue weighted by Crippen LogP contribution is 2.22. The number of rotatable bonds is 5. The molecule has 1 aliphatic rings. The summed E-state index contributed by atoms with van der Waals surface area (Å²) in [6, 6.07) is 7.93. The molecule has 1 aliphatic carbocycles. The number of carbonyl (C=O) groups is 1. The normalized spacial score (nSPS) is 15.5. The van der Waals surface area contributed by atoms with E-state index >= 15 is 0 Å². The molecule has 4 nitrogen and oxygen atoms in total. The van der Waals surface area contributed by atoms with Gasteiger partial charge in [-0.3, -0.25) is 9.36 Å². The Balaban J connectivity index is 1.57. The molecule has 1 N–H and O–H groups in total. The lowest BCUT2D eigenvalue weighted by Gasteiger charge is -2.22. The van der Waals surface area contributed by atoms with Gasteiger partial charge < -0.3 is 5.32 Å². The van der Waals surface area contributed by atoms with Crippen molar-refractivity contribution in [1.82, 2.24) is 14.9 Å². The first-order valence-corrected chi connectivity index (χ1v) is 9.30. The van der Waals surface area contributed by atoms with Gasteiger partial charge in [-0.1, -0.05) is 42.6 Å². The number of nitrogens with one attached hydrogen (secondary N) is 1. The zero-order chi connectivity index (χ0) is 16.1. The van der Waals surface area contributed by atoms with Crippen molar-refractivity contribution in [3.8, 4) is 5.69 Å². The lowest BCUT2D eigenvalue weighted by Crippen LogP contribution is -2.37. The molecule has 1 fully saturated rings. The number of imidazole rings is 1. The van der Waals surface area contributed by atoms with E-state index in [9.17, 15) is 4.79 Å². The Bertz CT molecular complexity index is 650. The SMILES string of the molecule is O=C(CSc1nccn1-c1ccc(Cl)cc1)NC1CCCCC1. The number of hydrogen-bond acceptors (Lipinski definition) is 3. The van der Waals surface area contributed by atoms with Crippen LogP contribution in [0.15, 0.2) is 41.8 Å². The van der Waals surface area contributed by atoms with Crippen LogP contribution in [0.5, 0.6) is 0 Å². The molecule has 0 spiro atoms. The Kier molecular flexibility index (Phi) is 5.62. The number of nitrogens with zero attached hydrogens (tertiary/aromatic N) is 2. The van der Waals surface area contributed by atoms with Crippen LogP contribution in [0.4, 0.5) is 0 Å². The lowest BCUT2D eigenvalue weighted by atomic mass is 9.95. The molecule has 122 valence electrons. The third kappa shape index (κ3) is 4.52. The number of amides is 1. The second-order valence-electron chi connectivity index (χ2n) is 5.75. The summed E-state index contributed by atoms with van der Waals surface area (Å²) in [4.78, 5) is 16.5. The van der Waals surface area contributed by atoms with Gasteiger partial charge in [0.05, 0.1) is 5.75 Å². The van der Waals surface area contributed by atoms with E-state index in [2.05, 4.69) is 10.3 Å². The molecule has 1 aromatic carbocycles. The summed E-state index contributed by atoms with van der Waals surface area (Å²) in [5.74, 6) is 0.480. The monoisotopic (exact) mass is 349 g/mol. The predicted octanol–water partition coefficient (Wildman–Crippen LogP) is 4.07. The summed E-state index contributed by atoms with van der Waals surface area (Å²) < 4.78 is 1.97.